The van der Waals surface area contributed by atoms with E-state index in [0.717, 1.165) is 22.1 Å². The van der Waals surface area contributed by atoms with Crippen LogP contribution in [0.25, 0.3) is 10.9 Å². The molecule has 29 heavy (non-hydrogen) atoms. The Labute approximate surface area is 180 Å². The summed E-state index contributed by atoms with van der Waals surface area (Å²) >= 11 is 13.0. The number of hydrogen-bond donors (Lipinski definition) is 0. The third kappa shape index (κ3) is 4.19. The topological polar surface area (TPSA) is 48.4 Å². The molecule has 2 aromatic carbocycles. The molecule has 0 radical (unpaired) electrons. The smallest absolute Gasteiger partial charge is 0.360 e. The number of methoxy groups -OCH3 is 1. The Balaban J connectivity index is 2.34. The van der Waals surface area contributed by atoms with E-state index < -0.39 is 5.97 Å². The highest BCUT2D eigenvalue weighted by Gasteiger charge is 2.26. The van der Waals surface area contributed by atoms with Gasteiger partial charge in [-0.15, -0.1) is 0 Å². The normalized spacial score (nSPS) is 11.1. The van der Waals surface area contributed by atoms with Crippen molar-refractivity contribution in [2.45, 2.75) is 33.1 Å². The van der Waals surface area contributed by atoms with Gasteiger partial charge < -0.3 is 9.47 Å². The molecule has 3 aromatic rings. The summed E-state index contributed by atoms with van der Waals surface area (Å²) in [5, 5.41) is 2.18. The van der Waals surface area contributed by atoms with Crippen molar-refractivity contribution in [2.24, 2.45) is 0 Å². The molecular formula is C23H23Cl2NO3. The maximum absolute atomic E-state index is 12.5. The Hall–Kier alpha value is -2.30. The lowest BCUT2D eigenvalue weighted by Crippen LogP contribution is -2.13. The first-order valence-electron chi connectivity index (χ1n) is 9.48. The molecule has 4 nitrogen and oxygen atoms in total. The Morgan fingerprint density at radius 1 is 1.10 bits per heavy atom. The fourth-order valence-electron chi connectivity index (χ4n) is 3.52. The van der Waals surface area contributed by atoms with Crippen molar-refractivity contribution in [2.75, 3.05) is 13.7 Å². The van der Waals surface area contributed by atoms with Gasteiger partial charge in [-0.1, -0.05) is 55.2 Å². The summed E-state index contributed by atoms with van der Waals surface area (Å²) in [6.45, 7) is 6.12. The molecule has 0 saturated carbocycles. The molecule has 0 aliphatic heterocycles. The first-order valence-corrected chi connectivity index (χ1v) is 10.2. The largest absolute Gasteiger partial charge is 0.494 e. The van der Waals surface area contributed by atoms with E-state index >= 15 is 0 Å². The van der Waals surface area contributed by atoms with Gasteiger partial charge in [0.2, 0.25) is 0 Å². The average molecular weight is 432 g/mol. The molecule has 152 valence electrons. The first kappa shape index (κ1) is 21.4. The van der Waals surface area contributed by atoms with Crippen LogP contribution in [0.5, 0.6) is 5.75 Å². The highest BCUT2D eigenvalue weighted by molar-refractivity contribution is 6.33. The summed E-state index contributed by atoms with van der Waals surface area (Å²) in [7, 11) is 1.54. The summed E-state index contributed by atoms with van der Waals surface area (Å²) in [4.78, 5) is 17.1. The number of benzene rings is 2. The average Bonchev–Trinajstić information content (AvgIpc) is 2.70. The number of hydrogen-bond acceptors (Lipinski definition) is 4. The Morgan fingerprint density at radius 2 is 1.83 bits per heavy atom. The number of pyridine rings is 1. The summed E-state index contributed by atoms with van der Waals surface area (Å²) in [5.74, 6) is -0.0172. The second kappa shape index (κ2) is 9.02. The molecule has 3 rings (SSSR count). The maximum atomic E-state index is 12.5. The van der Waals surface area contributed by atoms with E-state index in [1.54, 1.807) is 13.0 Å². The molecule has 1 aromatic heterocycles. The van der Waals surface area contributed by atoms with Crippen LogP contribution in [0.2, 0.25) is 10.0 Å². The number of rotatable bonds is 6. The fourth-order valence-corrected chi connectivity index (χ4v) is 3.94. The third-order valence-electron chi connectivity index (χ3n) is 4.77. The lowest BCUT2D eigenvalue weighted by atomic mass is 9.91. The highest BCUT2D eigenvalue weighted by Crippen LogP contribution is 2.40. The first-order chi connectivity index (χ1) is 13.9. The number of fused-ring (bicyclic) bond motifs is 1. The van der Waals surface area contributed by atoms with E-state index in [0.29, 0.717) is 27.7 Å². The van der Waals surface area contributed by atoms with Crippen molar-refractivity contribution >= 4 is 40.1 Å². The van der Waals surface area contributed by atoms with E-state index in [1.807, 2.05) is 44.2 Å². The van der Waals surface area contributed by atoms with E-state index in [-0.39, 0.29) is 18.2 Å². The molecule has 0 spiro atoms. The van der Waals surface area contributed by atoms with Gasteiger partial charge in [-0.2, -0.15) is 0 Å². The summed E-state index contributed by atoms with van der Waals surface area (Å²) in [6, 6.07) is 11.3. The van der Waals surface area contributed by atoms with Gasteiger partial charge in [0.15, 0.2) is 11.4 Å². The number of halogens is 2. The van der Waals surface area contributed by atoms with Crippen LogP contribution in [0.15, 0.2) is 36.4 Å². The van der Waals surface area contributed by atoms with Crippen molar-refractivity contribution in [3.05, 3.63) is 68.8 Å². The number of ether oxygens (including phenoxy) is 2. The van der Waals surface area contributed by atoms with Gasteiger partial charge in [0.05, 0.1) is 19.2 Å². The summed E-state index contributed by atoms with van der Waals surface area (Å²) in [5.41, 5.74) is 3.60. The van der Waals surface area contributed by atoms with Gasteiger partial charge in [-0.3, -0.25) is 0 Å². The molecule has 0 unspecified atom stereocenters. The molecule has 0 aliphatic rings. The van der Waals surface area contributed by atoms with Crippen LogP contribution in [0.4, 0.5) is 0 Å². The molecule has 6 heteroatoms. The monoisotopic (exact) mass is 431 g/mol. The number of aromatic nitrogens is 1. The molecule has 0 aliphatic carbocycles. The lowest BCUT2D eigenvalue weighted by molar-refractivity contribution is 0.0515. The maximum Gasteiger partial charge on any atom is 0.360 e. The number of nitrogens with zero attached hydrogens (tertiary/aromatic N) is 1. The molecule has 0 amide bonds. The molecule has 0 atom stereocenters. The second-order valence-corrected chi connectivity index (χ2v) is 7.79. The molecule has 0 bridgehead atoms. The SMILES string of the molecule is CCOC(=O)c1nc2ccc(Cl)c(Cc3ccccc3Cl)c2c(C(C)C)c1OC. The number of esters is 1. The zero-order valence-corrected chi connectivity index (χ0v) is 18.4. The van der Waals surface area contributed by atoms with Crippen LogP contribution in [-0.4, -0.2) is 24.7 Å². The Kier molecular flexibility index (Phi) is 6.66. The number of carbonyl (C=O) groups excluding carboxylic acids is 1. The summed E-state index contributed by atoms with van der Waals surface area (Å²) in [6.07, 6.45) is 0.541. The van der Waals surface area contributed by atoms with Crippen LogP contribution in [-0.2, 0) is 11.2 Å². The highest BCUT2D eigenvalue weighted by atomic mass is 35.5. The zero-order valence-electron chi connectivity index (χ0n) is 16.9. The molecular weight excluding hydrogens is 409 g/mol. The Bertz CT molecular complexity index is 1060. The van der Waals surface area contributed by atoms with Gasteiger partial charge in [-0.25, -0.2) is 9.78 Å². The van der Waals surface area contributed by atoms with Gasteiger partial charge in [0.1, 0.15) is 0 Å². The van der Waals surface area contributed by atoms with E-state index in [1.165, 1.54) is 7.11 Å². The molecule has 0 fully saturated rings. The molecule has 0 N–H and O–H groups in total. The van der Waals surface area contributed by atoms with Crippen molar-refractivity contribution < 1.29 is 14.3 Å². The zero-order chi connectivity index (χ0) is 21.1. The second-order valence-electron chi connectivity index (χ2n) is 6.97. The minimum atomic E-state index is -0.504. The standard InChI is InChI=1S/C23H23Cl2NO3/c1-5-29-23(27)21-22(28-4)19(13(2)3)20-15(17(25)10-11-18(20)26-21)12-14-8-6-7-9-16(14)24/h6-11,13H,5,12H2,1-4H3. The van der Waals surface area contributed by atoms with Crippen molar-refractivity contribution in [3.63, 3.8) is 0 Å². The minimum absolute atomic E-state index is 0.0621. The van der Waals surface area contributed by atoms with Crippen LogP contribution >= 0.6 is 23.2 Å². The van der Waals surface area contributed by atoms with Gasteiger partial charge in [-0.05, 0) is 42.2 Å². The Morgan fingerprint density at radius 3 is 2.45 bits per heavy atom. The predicted molar refractivity (Wildman–Crippen MR) is 118 cm³/mol. The quantitative estimate of drug-likeness (QED) is 0.421. The van der Waals surface area contributed by atoms with Crippen molar-refractivity contribution in [1.82, 2.24) is 4.98 Å². The van der Waals surface area contributed by atoms with Gasteiger partial charge in [0.25, 0.3) is 0 Å². The van der Waals surface area contributed by atoms with Crippen LogP contribution < -0.4 is 4.74 Å². The fraction of sp³-hybridized carbons (Fsp3) is 0.304. The third-order valence-corrected chi connectivity index (χ3v) is 5.49. The van der Waals surface area contributed by atoms with Crippen molar-refractivity contribution in [1.29, 1.82) is 0 Å². The van der Waals surface area contributed by atoms with Gasteiger partial charge in [0, 0.05) is 27.4 Å². The van der Waals surface area contributed by atoms with Crippen LogP contribution in [0.3, 0.4) is 0 Å². The van der Waals surface area contributed by atoms with Crippen LogP contribution in [0, 0.1) is 0 Å². The minimum Gasteiger partial charge on any atom is -0.494 e. The van der Waals surface area contributed by atoms with E-state index in [4.69, 9.17) is 32.7 Å². The van der Waals surface area contributed by atoms with Crippen molar-refractivity contribution in [3.8, 4) is 5.75 Å². The number of carbonyl (C=O) groups is 1. The molecule has 1 heterocycles. The predicted octanol–water partition coefficient (Wildman–Crippen LogP) is 6.44. The van der Waals surface area contributed by atoms with E-state index in [9.17, 15) is 4.79 Å². The molecule has 0 saturated heterocycles. The van der Waals surface area contributed by atoms with Crippen LogP contribution in [0.1, 0.15) is 53.9 Å². The van der Waals surface area contributed by atoms with E-state index in [2.05, 4.69) is 4.98 Å². The lowest BCUT2D eigenvalue weighted by Gasteiger charge is -2.20. The van der Waals surface area contributed by atoms with Gasteiger partial charge >= 0.3 is 5.97 Å². The summed E-state index contributed by atoms with van der Waals surface area (Å²) < 4.78 is 10.8.